The topological polar surface area (TPSA) is 26.0 Å². The summed E-state index contributed by atoms with van der Waals surface area (Å²) >= 11 is 0. The quantitative estimate of drug-likeness (QED) is 0.478. The van der Waals surface area contributed by atoms with Crippen LogP contribution in [0.4, 0.5) is 0 Å². The van der Waals surface area contributed by atoms with Gasteiger partial charge in [-0.15, -0.1) is 0 Å². The minimum atomic E-state index is 0.556. The molecule has 1 rings (SSSR count). The van der Waals surface area contributed by atoms with Crippen LogP contribution >= 0.6 is 0 Å². The molecule has 7 heavy (non-hydrogen) atoms. The molecular weight excluding hydrogens is 86.1 g/mol. The van der Waals surface area contributed by atoms with Crippen molar-refractivity contribution in [2.45, 2.75) is 6.92 Å². The zero-order chi connectivity index (χ0) is 5.28. The molecule has 0 heterocycles. The fourth-order valence-corrected chi connectivity index (χ4v) is 0.678. The van der Waals surface area contributed by atoms with Crippen LogP contribution in [0.1, 0.15) is 6.92 Å². The van der Waals surface area contributed by atoms with Crippen molar-refractivity contribution in [3.05, 3.63) is 23.9 Å². The van der Waals surface area contributed by atoms with Gasteiger partial charge in [-0.3, -0.25) is 0 Å². The minimum absolute atomic E-state index is 0.556. The van der Waals surface area contributed by atoms with Crippen molar-refractivity contribution in [1.29, 1.82) is 0 Å². The Morgan fingerprint density at radius 1 is 1.71 bits per heavy atom. The van der Waals surface area contributed by atoms with Gasteiger partial charge >= 0.3 is 0 Å². The summed E-state index contributed by atoms with van der Waals surface area (Å²) in [6.07, 6.45) is 6.04. The maximum absolute atomic E-state index is 5.40. The highest BCUT2D eigenvalue weighted by atomic mass is 14.6. The average molecular weight is 95.1 g/mol. The van der Waals surface area contributed by atoms with E-state index < -0.39 is 0 Å². The lowest BCUT2D eigenvalue weighted by atomic mass is 10.2. The van der Waals surface area contributed by atoms with E-state index in [2.05, 4.69) is 13.0 Å². The molecule has 0 radical (unpaired) electrons. The molecule has 0 aromatic rings. The number of allylic oxidation sites excluding steroid dienone is 3. The van der Waals surface area contributed by atoms with Gasteiger partial charge in [0.25, 0.3) is 0 Å². The molecule has 0 saturated heterocycles. The molecule has 1 atom stereocenters. The molecule has 1 aliphatic carbocycles. The van der Waals surface area contributed by atoms with E-state index in [9.17, 15) is 0 Å². The van der Waals surface area contributed by atoms with Crippen molar-refractivity contribution >= 4 is 0 Å². The maximum atomic E-state index is 5.40. The van der Waals surface area contributed by atoms with E-state index in [4.69, 9.17) is 5.73 Å². The number of hydrogen-bond donors (Lipinski definition) is 1. The van der Waals surface area contributed by atoms with E-state index in [1.165, 1.54) is 0 Å². The van der Waals surface area contributed by atoms with Crippen LogP contribution < -0.4 is 5.73 Å². The van der Waals surface area contributed by atoms with Gasteiger partial charge in [0.15, 0.2) is 0 Å². The Hall–Kier alpha value is -0.720. The summed E-state index contributed by atoms with van der Waals surface area (Å²) in [5.74, 6) is 0.556. The first kappa shape index (κ1) is 4.44. The van der Waals surface area contributed by atoms with Gasteiger partial charge in [0.05, 0.1) is 0 Å². The van der Waals surface area contributed by atoms with Crippen molar-refractivity contribution in [2.75, 3.05) is 0 Å². The van der Waals surface area contributed by atoms with Crippen molar-refractivity contribution in [3.8, 4) is 0 Å². The molecule has 0 amide bonds. The molecule has 0 aromatic carbocycles. The molecule has 1 heteroatoms. The van der Waals surface area contributed by atoms with Crippen LogP contribution in [0.5, 0.6) is 0 Å². The highest BCUT2D eigenvalue weighted by Gasteiger charge is 1.97. The minimum Gasteiger partial charge on any atom is -0.399 e. The molecule has 0 fully saturated rings. The lowest BCUT2D eigenvalue weighted by Crippen LogP contribution is -1.88. The summed E-state index contributed by atoms with van der Waals surface area (Å²) in [5.41, 5.74) is 6.30. The van der Waals surface area contributed by atoms with Gasteiger partial charge in [-0.2, -0.15) is 0 Å². The standard InChI is InChI=1S/C6H9N/c1-5-2-3-6(7)4-5/h2-5H,7H2,1H3. The summed E-state index contributed by atoms with van der Waals surface area (Å²) in [6, 6.07) is 0. The van der Waals surface area contributed by atoms with Gasteiger partial charge in [0.2, 0.25) is 0 Å². The molecule has 1 nitrogen and oxygen atoms in total. The van der Waals surface area contributed by atoms with E-state index in [0.29, 0.717) is 5.92 Å². The molecule has 38 valence electrons. The smallest absolute Gasteiger partial charge is 0.0276 e. The van der Waals surface area contributed by atoms with Gasteiger partial charge in [-0.1, -0.05) is 19.1 Å². The Kier molecular flexibility index (Phi) is 0.895. The Balaban J connectivity index is 2.69. The second-order valence-electron chi connectivity index (χ2n) is 1.88. The van der Waals surface area contributed by atoms with Crippen LogP contribution in [-0.2, 0) is 0 Å². The zero-order valence-electron chi connectivity index (χ0n) is 4.39. The first-order valence-electron chi connectivity index (χ1n) is 2.44. The van der Waals surface area contributed by atoms with Gasteiger partial charge in [-0.05, 0) is 12.0 Å². The van der Waals surface area contributed by atoms with Crippen LogP contribution in [0.2, 0.25) is 0 Å². The number of nitrogens with two attached hydrogens (primary N) is 1. The van der Waals surface area contributed by atoms with Gasteiger partial charge in [0.1, 0.15) is 0 Å². The zero-order valence-corrected chi connectivity index (χ0v) is 4.39. The van der Waals surface area contributed by atoms with Crippen molar-refractivity contribution in [1.82, 2.24) is 0 Å². The summed E-state index contributed by atoms with van der Waals surface area (Å²) < 4.78 is 0. The van der Waals surface area contributed by atoms with E-state index in [1.807, 2.05) is 12.2 Å². The Labute approximate surface area is 43.5 Å². The summed E-state index contributed by atoms with van der Waals surface area (Å²) in [5, 5.41) is 0. The second-order valence-corrected chi connectivity index (χ2v) is 1.88. The number of hydrogen-bond acceptors (Lipinski definition) is 1. The third-order valence-corrected chi connectivity index (χ3v) is 1.05. The largest absolute Gasteiger partial charge is 0.399 e. The molecule has 0 aromatic heterocycles. The lowest BCUT2D eigenvalue weighted by Gasteiger charge is -1.85. The lowest BCUT2D eigenvalue weighted by molar-refractivity contribution is 0.954. The summed E-state index contributed by atoms with van der Waals surface area (Å²) in [7, 11) is 0. The highest BCUT2D eigenvalue weighted by Crippen LogP contribution is 2.09. The predicted octanol–water partition coefficient (Wildman–Crippen LogP) is 1.03. The molecular formula is C6H9N. The third-order valence-electron chi connectivity index (χ3n) is 1.05. The van der Waals surface area contributed by atoms with Crippen molar-refractivity contribution in [2.24, 2.45) is 11.7 Å². The molecule has 2 N–H and O–H groups in total. The molecule has 0 saturated carbocycles. The Bertz CT molecular complexity index is 122. The van der Waals surface area contributed by atoms with Crippen LogP contribution in [0.25, 0.3) is 0 Å². The normalized spacial score (nSPS) is 28.1. The Morgan fingerprint density at radius 2 is 2.43 bits per heavy atom. The second kappa shape index (κ2) is 1.41. The Morgan fingerprint density at radius 3 is 2.57 bits per heavy atom. The van der Waals surface area contributed by atoms with Crippen molar-refractivity contribution in [3.63, 3.8) is 0 Å². The highest BCUT2D eigenvalue weighted by molar-refractivity contribution is 5.24. The number of rotatable bonds is 0. The van der Waals surface area contributed by atoms with Crippen LogP contribution in [-0.4, -0.2) is 0 Å². The molecule has 1 unspecified atom stereocenters. The van der Waals surface area contributed by atoms with E-state index >= 15 is 0 Å². The van der Waals surface area contributed by atoms with Gasteiger partial charge in [-0.25, -0.2) is 0 Å². The SMILES string of the molecule is CC1C=CC(N)=C1. The summed E-state index contributed by atoms with van der Waals surface area (Å²) in [6.45, 7) is 2.11. The van der Waals surface area contributed by atoms with Crippen molar-refractivity contribution < 1.29 is 0 Å². The van der Waals surface area contributed by atoms with Gasteiger partial charge in [0, 0.05) is 5.70 Å². The fraction of sp³-hybridized carbons (Fsp3) is 0.333. The first-order valence-corrected chi connectivity index (χ1v) is 2.44. The van der Waals surface area contributed by atoms with Crippen LogP contribution in [0.15, 0.2) is 23.9 Å². The molecule has 0 spiro atoms. The maximum Gasteiger partial charge on any atom is 0.0276 e. The van der Waals surface area contributed by atoms with E-state index in [1.54, 1.807) is 0 Å². The fourth-order valence-electron chi connectivity index (χ4n) is 0.678. The third kappa shape index (κ3) is 0.829. The predicted molar refractivity (Wildman–Crippen MR) is 30.6 cm³/mol. The molecule has 0 bridgehead atoms. The van der Waals surface area contributed by atoms with Crippen LogP contribution in [0.3, 0.4) is 0 Å². The average Bonchev–Trinajstić information content (AvgIpc) is 1.87. The monoisotopic (exact) mass is 95.1 g/mol. The van der Waals surface area contributed by atoms with Gasteiger partial charge < -0.3 is 5.73 Å². The summed E-state index contributed by atoms with van der Waals surface area (Å²) in [4.78, 5) is 0. The van der Waals surface area contributed by atoms with E-state index in [0.717, 1.165) is 5.70 Å². The van der Waals surface area contributed by atoms with Crippen LogP contribution in [0, 0.1) is 5.92 Å². The molecule has 0 aliphatic heterocycles. The van der Waals surface area contributed by atoms with E-state index in [-0.39, 0.29) is 0 Å². The molecule has 1 aliphatic rings. The first-order chi connectivity index (χ1) is 3.29.